The van der Waals surface area contributed by atoms with Gasteiger partial charge in [0.1, 0.15) is 5.69 Å². The molecule has 0 aliphatic carbocycles. The first-order valence-corrected chi connectivity index (χ1v) is 7.53. The van der Waals surface area contributed by atoms with Crippen molar-refractivity contribution in [3.63, 3.8) is 0 Å². The van der Waals surface area contributed by atoms with Crippen molar-refractivity contribution in [2.24, 2.45) is 14.1 Å². The lowest BCUT2D eigenvalue weighted by molar-refractivity contribution is 0.0617. The van der Waals surface area contributed by atoms with Crippen LogP contribution in [0.5, 0.6) is 0 Å². The van der Waals surface area contributed by atoms with Gasteiger partial charge in [-0.25, -0.2) is 0 Å². The average Bonchev–Trinajstić information content (AvgIpc) is 3.04. The number of amides is 1. The first-order valence-electron chi connectivity index (χ1n) is 7.53. The van der Waals surface area contributed by atoms with Crippen molar-refractivity contribution in [1.29, 1.82) is 0 Å². The molecule has 3 rings (SSSR count). The Labute approximate surface area is 130 Å². The molecule has 0 N–H and O–H groups in total. The van der Waals surface area contributed by atoms with Crippen LogP contribution < -0.4 is 0 Å². The third-order valence-electron chi connectivity index (χ3n) is 4.05. The summed E-state index contributed by atoms with van der Waals surface area (Å²) in [5, 5.41) is 8.44. The van der Waals surface area contributed by atoms with E-state index < -0.39 is 0 Å². The van der Waals surface area contributed by atoms with Crippen LogP contribution in [0.1, 0.15) is 21.7 Å². The van der Waals surface area contributed by atoms with Crippen molar-refractivity contribution < 1.29 is 4.79 Å². The number of hydrogen-bond donors (Lipinski definition) is 0. The predicted molar refractivity (Wildman–Crippen MR) is 82.3 cm³/mol. The molecule has 1 fully saturated rings. The SMILES string of the molecule is Cc1cc(C(=O)N2CCN(Cc3cnn(C)c3)CC2)n(C)n1. The number of hydrogen-bond acceptors (Lipinski definition) is 4. The molecule has 0 saturated carbocycles. The smallest absolute Gasteiger partial charge is 0.272 e. The highest BCUT2D eigenvalue weighted by Gasteiger charge is 2.24. The molecule has 22 heavy (non-hydrogen) atoms. The van der Waals surface area contributed by atoms with Gasteiger partial charge in [-0.3, -0.25) is 19.1 Å². The maximum absolute atomic E-state index is 12.5. The number of piperazine rings is 1. The number of rotatable bonds is 3. The highest BCUT2D eigenvalue weighted by atomic mass is 16.2. The molecule has 2 aromatic heterocycles. The summed E-state index contributed by atoms with van der Waals surface area (Å²) in [7, 11) is 3.74. The van der Waals surface area contributed by atoms with Gasteiger partial charge >= 0.3 is 0 Å². The topological polar surface area (TPSA) is 59.2 Å². The summed E-state index contributed by atoms with van der Waals surface area (Å²) in [6.45, 7) is 6.07. The molecular weight excluding hydrogens is 280 g/mol. The van der Waals surface area contributed by atoms with E-state index >= 15 is 0 Å². The molecule has 118 valence electrons. The second kappa shape index (κ2) is 5.92. The predicted octanol–water partition coefficient (Wildman–Crippen LogP) is 0.420. The summed E-state index contributed by atoms with van der Waals surface area (Å²) < 4.78 is 3.49. The van der Waals surface area contributed by atoms with Crippen molar-refractivity contribution in [1.82, 2.24) is 29.4 Å². The minimum absolute atomic E-state index is 0.0733. The van der Waals surface area contributed by atoms with E-state index in [-0.39, 0.29) is 5.91 Å². The van der Waals surface area contributed by atoms with Crippen LogP contribution in [-0.4, -0.2) is 61.4 Å². The van der Waals surface area contributed by atoms with Crippen LogP contribution >= 0.6 is 0 Å². The van der Waals surface area contributed by atoms with E-state index in [4.69, 9.17) is 0 Å². The fraction of sp³-hybridized carbons (Fsp3) is 0.533. The fourth-order valence-corrected chi connectivity index (χ4v) is 2.89. The molecule has 3 heterocycles. The Morgan fingerprint density at radius 1 is 1.23 bits per heavy atom. The second-order valence-electron chi connectivity index (χ2n) is 5.89. The van der Waals surface area contributed by atoms with Gasteiger partial charge in [-0.1, -0.05) is 0 Å². The van der Waals surface area contributed by atoms with E-state index in [1.54, 1.807) is 4.68 Å². The summed E-state index contributed by atoms with van der Waals surface area (Å²) in [6, 6.07) is 1.85. The van der Waals surface area contributed by atoms with Gasteiger partial charge in [-0.05, 0) is 13.0 Å². The summed E-state index contributed by atoms with van der Waals surface area (Å²) in [4.78, 5) is 16.8. The number of aryl methyl sites for hydroxylation is 3. The minimum atomic E-state index is 0.0733. The van der Waals surface area contributed by atoms with E-state index in [1.165, 1.54) is 5.56 Å². The highest BCUT2D eigenvalue weighted by molar-refractivity contribution is 5.92. The van der Waals surface area contributed by atoms with Crippen LogP contribution in [-0.2, 0) is 20.6 Å². The van der Waals surface area contributed by atoms with Gasteiger partial charge in [0.25, 0.3) is 5.91 Å². The molecule has 0 aromatic carbocycles. The van der Waals surface area contributed by atoms with E-state index in [0.717, 1.165) is 38.4 Å². The summed E-state index contributed by atoms with van der Waals surface area (Å²) in [5.41, 5.74) is 2.75. The molecule has 7 nitrogen and oxygen atoms in total. The summed E-state index contributed by atoms with van der Waals surface area (Å²) in [5.74, 6) is 0.0733. The maximum Gasteiger partial charge on any atom is 0.272 e. The van der Waals surface area contributed by atoms with Gasteiger partial charge in [0, 0.05) is 58.6 Å². The van der Waals surface area contributed by atoms with Crippen LogP contribution in [0, 0.1) is 6.92 Å². The number of carbonyl (C=O) groups is 1. The van der Waals surface area contributed by atoms with Gasteiger partial charge < -0.3 is 4.90 Å². The van der Waals surface area contributed by atoms with Gasteiger partial charge in [-0.15, -0.1) is 0 Å². The molecule has 7 heteroatoms. The molecule has 2 aromatic rings. The molecule has 1 aliphatic heterocycles. The quantitative estimate of drug-likeness (QED) is 0.824. The van der Waals surface area contributed by atoms with Crippen molar-refractivity contribution in [3.8, 4) is 0 Å². The first-order chi connectivity index (χ1) is 10.5. The van der Waals surface area contributed by atoms with Crippen molar-refractivity contribution in [2.45, 2.75) is 13.5 Å². The van der Waals surface area contributed by atoms with Gasteiger partial charge in [0.2, 0.25) is 0 Å². The monoisotopic (exact) mass is 302 g/mol. The van der Waals surface area contributed by atoms with E-state index in [0.29, 0.717) is 5.69 Å². The molecule has 0 radical (unpaired) electrons. The molecule has 0 atom stereocenters. The van der Waals surface area contributed by atoms with Gasteiger partial charge in [0.15, 0.2) is 0 Å². The third-order valence-corrected chi connectivity index (χ3v) is 4.05. The molecule has 0 unspecified atom stereocenters. The molecule has 0 bridgehead atoms. The number of carbonyl (C=O) groups excluding carboxylic acids is 1. The van der Waals surface area contributed by atoms with Crippen LogP contribution in [0.3, 0.4) is 0 Å². The molecule has 1 aliphatic rings. The standard InChI is InChI=1S/C15H22N6O/c1-12-8-14(19(3)17-12)15(22)21-6-4-20(5-7-21)11-13-9-16-18(2)10-13/h8-10H,4-7,11H2,1-3H3. The number of aromatic nitrogens is 4. The molecule has 1 saturated heterocycles. The van der Waals surface area contributed by atoms with Gasteiger partial charge in [-0.2, -0.15) is 10.2 Å². The van der Waals surface area contributed by atoms with Crippen LogP contribution in [0.15, 0.2) is 18.5 Å². The number of nitrogens with zero attached hydrogens (tertiary/aromatic N) is 6. The van der Waals surface area contributed by atoms with Crippen LogP contribution in [0.25, 0.3) is 0 Å². The largest absolute Gasteiger partial charge is 0.335 e. The minimum Gasteiger partial charge on any atom is -0.335 e. The van der Waals surface area contributed by atoms with E-state index in [2.05, 4.69) is 15.1 Å². The van der Waals surface area contributed by atoms with Gasteiger partial charge in [0.05, 0.1) is 11.9 Å². The first kappa shape index (κ1) is 14.8. The Bertz CT molecular complexity index is 665. The second-order valence-corrected chi connectivity index (χ2v) is 5.89. The zero-order chi connectivity index (χ0) is 15.7. The Morgan fingerprint density at radius 2 is 1.95 bits per heavy atom. The Kier molecular flexibility index (Phi) is 3.98. The lowest BCUT2D eigenvalue weighted by atomic mass is 10.2. The third kappa shape index (κ3) is 3.04. The summed E-state index contributed by atoms with van der Waals surface area (Å²) >= 11 is 0. The maximum atomic E-state index is 12.5. The van der Waals surface area contributed by atoms with E-state index in [9.17, 15) is 4.79 Å². The van der Waals surface area contributed by atoms with E-state index in [1.807, 2.05) is 49.1 Å². The van der Waals surface area contributed by atoms with Crippen molar-refractivity contribution in [2.75, 3.05) is 26.2 Å². The summed E-state index contributed by atoms with van der Waals surface area (Å²) in [6.07, 6.45) is 3.94. The fourth-order valence-electron chi connectivity index (χ4n) is 2.89. The highest BCUT2D eigenvalue weighted by Crippen LogP contribution is 2.12. The Hall–Kier alpha value is -2.15. The average molecular weight is 302 g/mol. The molecule has 0 spiro atoms. The molecule has 1 amide bonds. The van der Waals surface area contributed by atoms with Crippen molar-refractivity contribution in [3.05, 3.63) is 35.4 Å². The molecular formula is C15H22N6O. The lowest BCUT2D eigenvalue weighted by Crippen LogP contribution is -2.48. The normalized spacial score (nSPS) is 16.2. The Morgan fingerprint density at radius 3 is 2.50 bits per heavy atom. The lowest BCUT2D eigenvalue weighted by Gasteiger charge is -2.34. The Balaban J connectivity index is 1.57. The van der Waals surface area contributed by atoms with Crippen molar-refractivity contribution >= 4 is 5.91 Å². The van der Waals surface area contributed by atoms with Crippen LogP contribution in [0.4, 0.5) is 0 Å². The van der Waals surface area contributed by atoms with Crippen LogP contribution in [0.2, 0.25) is 0 Å². The zero-order valence-electron chi connectivity index (χ0n) is 13.4. The zero-order valence-corrected chi connectivity index (χ0v) is 13.4.